The summed E-state index contributed by atoms with van der Waals surface area (Å²) in [5, 5.41) is 1.25. The van der Waals surface area contributed by atoms with E-state index in [9.17, 15) is 9.59 Å². The molecule has 0 amide bonds. The Kier molecular flexibility index (Phi) is 2.37. The second-order valence-electron chi connectivity index (χ2n) is 3.26. The number of hydrogen-bond donors (Lipinski definition) is 0. The van der Waals surface area contributed by atoms with Crippen LogP contribution in [0.4, 0.5) is 0 Å². The molecule has 0 saturated carbocycles. The van der Waals surface area contributed by atoms with Crippen LogP contribution in [0, 0.1) is 0 Å². The summed E-state index contributed by atoms with van der Waals surface area (Å²) in [6.07, 6.45) is 0.335. The summed E-state index contributed by atoms with van der Waals surface area (Å²) in [6.45, 7) is 1.73. The Morgan fingerprint density at radius 3 is 2.80 bits per heavy atom. The number of rotatable bonds is 2. The highest BCUT2D eigenvalue weighted by atomic mass is 16.4. The Morgan fingerprint density at radius 1 is 1.33 bits per heavy atom. The molecular weight excluding hydrogens is 192 g/mol. The minimum atomic E-state index is -0.454. The number of benzene rings is 1. The lowest BCUT2D eigenvalue weighted by molar-refractivity contribution is 0.0957. The van der Waals surface area contributed by atoms with Gasteiger partial charge in [-0.2, -0.15) is 0 Å². The van der Waals surface area contributed by atoms with Crippen molar-refractivity contribution >= 4 is 16.6 Å². The zero-order valence-electron chi connectivity index (χ0n) is 8.32. The Balaban J connectivity index is 2.73. The number of carbonyl (C=O) groups excluding carboxylic acids is 1. The first-order valence-electron chi connectivity index (χ1n) is 4.78. The third-order valence-electron chi connectivity index (χ3n) is 2.27. The maximum atomic E-state index is 11.5. The third kappa shape index (κ3) is 1.68. The molecule has 0 fully saturated rings. The molecule has 0 spiro atoms. The summed E-state index contributed by atoms with van der Waals surface area (Å²) in [5.41, 5.74) is -0.454. The maximum Gasteiger partial charge on any atom is 0.344 e. The van der Waals surface area contributed by atoms with Crippen LogP contribution in [-0.4, -0.2) is 5.78 Å². The molecule has 2 aromatic rings. The van der Waals surface area contributed by atoms with Gasteiger partial charge in [0, 0.05) is 6.42 Å². The highest BCUT2D eigenvalue weighted by Crippen LogP contribution is 2.12. The van der Waals surface area contributed by atoms with Crippen molar-refractivity contribution in [1.29, 1.82) is 0 Å². The first kappa shape index (κ1) is 9.65. The standard InChI is InChI=1S/C12H10O3/c1-2-10(13)11-7-8-5-3-4-6-9(8)12(14)15-11/h3-7H,2H2,1H3. The van der Waals surface area contributed by atoms with Gasteiger partial charge in [-0.15, -0.1) is 0 Å². The molecule has 3 nitrogen and oxygen atoms in total. The zero-order chi connectivity index (χ0) is 10.8. The Morgan fingerprint density at radius 2 is 2.07 bits per heavy atom. The molecule has 0 N–H and O–H groups in total. The molecule has 0 aliphatic rings. The van der Waals surface area contributed by atoms with Crippen molar-refractivity contribution in [1.82, 2.24) is 0 Å². The Labute approximate surface area is 86.3 Å². The van der Waals surface area contributed by atoms with Crippen molar-refractivity contribution in [3.63, 3.8) is 0 Å². The largest absolute Gasteiger partial charge is 0.419 e. The van der Waals surface area contributed by atoms with E-state index in [1.807, 2.05) is 6.07 Å². The van der Waals surface area contributed by atoms with Gasteiger partial charge in [-0.1, -0.05) is 25.1 Å². The lowest BCUT2D eigenvalue weighted by Crippen LogP contribution is -2.06. The summed E-state index contributed by atoms with van der Waals surface area (Å²) in [7, 11) is 0. The monoisotopic (exact) mass is 202 g/mol. The van der Waals surface area contributed by atoms with E-state index in [0.717, 1.165) is 5.39 Å². The van der Waals surface area contributed by atoms with Gasteiger partial charge in [0.25, 0.3) is 0 Å². The van der Waals surface area contributed by atoms with Crippen LogP contribution in [0.3, 0.4) is 0 Å². The predicted octanol–water partition coefficient (Wildman–Crippen LogP) is 2.39. The number of hydrogen-bond acceptors (Lipinski definition) is 3. The van der Waals surface area contributed by atoms with Gasteiger partial charge in [-0.05, 0) is 17.5 Å². The van der Waals surface area contributed by atoms with Gasteiger partial charge in [-0.3, -0.25) is 4.79 Å². The van der Waals surface area contributed by atoms with Crippen LogP contribution in [0.5, 0.6) is 0 Å². The van der Waals surface area contributed by atoms with Crippen LogP contribution in [-0.2, 0) is 0 Å². The molecule has 3 heteroatoms. The fourth-order valence-corrected chi connectivity index (χ4v) is 1.45. The van der Waals surface area contributed by atoms with E-state index in [-0.39, 0.29) is 11.5 Å². The van der Waals surface area contributed by atoms with Gasteiger partial charge in [0.2, 0.25) is 0 Å². The van der Waals surface area contributed by atoms with Crippen molar-refractivity contribution in [2.24, 2.45) is 0 Å². The molecule has 1 aromatic carbocycles. The number of Topliss-reactive ketones (excluding diaryl/α,β-unsaturated/α-hetero) is 1. The van der Waals surface area contributed by atoms with E-state index >= 15 is 0 Å². The number of ketones is 1. The molecule has 0 saturated heterocycles. The predicted molar refractivity (Wildman–Crippen MR) is 57.1 cm³/mol. The van der Waals surface area contributed by atoms with Crippen molar-refractivity contribution in [2.75, 3.05) is 0 Å². The fraction of sp³-hybridized carbons (Fsp3) is 0.167. The second-order valence-corrected chi connectivity index (χ2v) is 3.26. The molecule has 1 heterocycles. The molecule has 0 aliphatic heterocycles. The Hall–Kier alpha value is -1.90. The van der Waals surface area contributed by atoms with Gasteiger partial charge in [0.1, 0.15) is 0 Å². The van der Waals surface area contributed by atoms with Crippen LogP contribution < -0.4 is 5.63 Å². The van der Waals surface area contributed by atoms with Crippen LogP contribution in [0.2, 0.25) is 0 Å². The molecular formula is C12H10O3. The SMILES string of the molecule is CCC(=O)c1cc2ccccc2c(=O)o1. The molecule has 76 valence electrons. The molecule has 0 aliphatic carbocycles. The van der Waals surface area contributed by atoms with E-state index < -0.39 is 5.63 Å². The minimum absolute atomic E-state index is 0.140. The van der Waals surface area contributed by atoms with E-state index in [2.05, 4.69) is 0 Å². The lowest BCUT2D eigenvalue weighted by Gasteiger charge is -1.99. The van der Waals surface area contributed by atoms with E-state index in [0.29, 0.717) is 11.8 Å². The molecule has 0 atom stereocenters. The summed E-state index contributed by atoms with van der Waals surface area (Å²) in [5.74, 6) is -0.0148. The first-order chi connectivity index (χ1) is 7.22. The summed E-state index contributed by atoms with van der Waals surface area (Å²) in [4.78, 5) is 22.9. The van der Waals surface area contributed by atoms with Crippen molar-refractivity contribution in [2.45, 2.75) is 13.3 Å². The second kappa shape index (κ2) is 3.69. The summed E-state index contributed by atoms with van der Waals surface area (Å²) >= 11 is 0. The molecule has 0 bridgehead atoms. The normalized spacial score (nSPS) is 10.5. The van der Waals surface area contributed by atoms with Gasteiger partial charge in [0.05, 0.1) is 5.39 Å². The highest BCUT2D eigenvalue weighted by Gasteiger charge is 2.09. The van der Waals surface area contributed by atoms with Crippen molar-refractivity contribution in [3.8, 4) is 0 Å². The maximum absolute atomic E-state index is 11.5. The summed E-state index contributed by atoms with van der Waals surface area (Å²) in [6, 6.07) is 8.67. The van der Waals surface area contributed by atoms with Gasteiger partial charge in [-0.25, -0.2) is 4.79 Å². The van der Waals surface area contributed by atoms with Crippen molar-refractivity contribution in [3.05, 3.63) is 46.5 Å². The smallest absolute Gasteiger partial charge is 0.344 e. The van der Waals surface area contributed by atoms with Crippen LogP contribution in [0.15, 0.2) is 39.5 Å². The highest BCUT2D eigenvalue weighted by molar-refractivity contribution is 5.96. The first-order valence-corrected chi connectivity index (χ1v) is 4.78. The Bertz CT molecular complexity index is 566. The molecule has 1 aromatic heterocycles. The van der Waals surface area contributed by atoms with Crippen molar-refractivity contribution < 1.29 is 9.21 Å². The van der Waals surface area contributed by atoms with E-state index in [1.165, 1.54) is 0 Å². The minimum Gasteiger partial charge on any atom is -0.419 e. The van der Waals surface area contributed by atoms with E-state index in [4.69, 9.17) is 4.42 Å². The van der Waals surface area contributed by atoms with Crippen LogP contribution in [0.25, 0.3) is 10.8 Å². The fourth-order valence-electron chi connectivity index (χ4n) is 1.45. The van der Waals surface area contributed by atoms with E-state index in [1.54, 1.807) is 31.2 Å². The summed E-state index contributed by atoms with van der Waals surface area (Å²) < 4.78 is 4.94. The molecule has 15 heavy (non-hydrogen) atoms. The average molecular weight is 202 g/mol. The quantitative estimate of drug-likeness (QED) is 0.702. The third-order valence-corrected chi connectivity index (χ3v) is 2.27. The topological polar surface area (TPSA) is 47.3 Å². The number of carbonyl (C=O) groups is 1. The molecule has 2 rings (SSSR count). The van der Waals surface area contributed by atoms with Gasteiger partial charge in [0.15, 0.2) is 11.5 Å². The van der Waals surface area contributed by atoms with Crippen LogP contribution >= 0.6 is 0 Å². The molecule has 0 unspecified atom stereocenters. The molecule has 0 radical (unpaired) electrons. The lowest BCUT2D eigenvalue weighted by atomic mass is 10.1. The van der Waals surface area contributed by atoms with Gasteiger partial charge >= 0.3 is 5.63 Å². The number of fused-ring (bicyclic) bond motifs is 1. The van der Waals surface area contributed by atoms with Crippen LogP contribution in [0.1, 0.15) is 23.9 Å². The average Bonchev–Trinajstić information content (AvgIpc) is 2.28. The van der Waals surface area contributed by atoms with Gasteiger partial charge < -0.3 is 4.42 Å². The zero-order valence-corrected chi connectivity index (χ0v) is 8.32.